The van der Waals surface area contributed by atoms with Gasteiger partial charge in [0.05, 0.1) is 11.8 Å². The van der Waals surface area contributed by atoms with Gasteiger partial charge in [-0.1, -0.05) is 58.4 Å². The summed E-state index contributed by atoms with van der Waals surface area (Å²) in [4.78, 5) is 24.2. The Morgan fingerprint density at radius 1 is 0.914 bits per heavy atom. The Hall–Kier alpha value is -3.55. The molecule has 0 heterocycles. The monoisotopic (exact) mass is 533 g/mol. The minimum atomic E-state index is -0.337. The first-order chi connectivity index (χ1) is 16.9. The largest absolute Gasteiger partial charge is 0.352 e. The molecular formula is C28H25BrFN3O2. The summed E-state index contributed by atoms with van der Waals surface area (Å²) >= 11 is 3.11. The fraction of sp³-hybridized carbons (Fsp3) is 0.143. The van der Waals surface area contributed by atoms with Crippen LogP contribution in [0.1, 0.15) is 34.2 Å². The summed E-state index contributed by atoms with van der Waals surface area (Å²) < 4.78 is 14.0. The molecule has 0 aromatic heterocycles. The third-order valence-corrected chi connectivity index (χ3v) is 6.21. The van der Waals surface area contributed by atoms with Crippen molar-refractivity contribution in [1.29, 1.82) is 0 Å². The van der Waals surface area contributed by atoms with E-state index in [1.165, 1.54) is 12.1 Å². The van der Waals surface area contributed by atoms with Gasteiger partial charge in [0.1, 0.15) is 5.82 Å². The number of carbonyl (C=O) groups excluding carboxylic acids is 2. The van der Waals surface area contributed by atoms with Gasteiger partial charge in [0.15, 0.2) is 0 Å². The van der Waals surface area contributed by atoms with Gasteiger partial charge in [-0.05, 0) is 75.4 Å². The molecule has 0 fully saturated rings. The van der Waals surface area contributed by atoms with Gasteiger partial charge < -0.3 is 16.4 Å². The van der Waals surface area contributed by atoms with E-state index < -0.39 is 0 Å². The van der Waals surface area contributed by atoms with Crippen molar-refractivity contribution in [3.63, 3.8) is 0 Å². The number of amides is 2. The summed E-state index contributed by atoms with van der Waals surface area (Å²) in [7, 11) is 0. The highest BCUT2D eigenvalue weighted by Gasteiger charge is 2.21. The second-order valence-corrected chi connectivity index (χ2v) is 8.80. The third-order valence-electron chi connectivity index (χ3n) is 5.71. The number of fused-ring (bicyclic) bond motifs is 1. The first-order valence-corrected chi connectivity index (χ1v) is 12.3. The number of nitrogens with one attached hydrogen (secondary N) is 2. The Bertz CT molecular complexity index is 1300. The highest BCUT2D eigenvalue weighted by Crippen LogP contribution is 2.38. The van der Waals surface area contributed by atoms with E-state index in [-0.39, 0.29) is 29.4 Å². The number of anilines is 1. The molecule has 3 aromatic carbocycles. The van der Waals surface area contributed by atoms with Crippen LogP contribution in [0, 0.1) is 5.82 Å². The van der Waals surface area contributed by atoms with Crippen molar-refractivity contribution in [2.45, 2.75) is 19.5 Å². The second kappa shape index (κ2) is 11.3. The second-order valence-electron chi connectivity index (χ2n) is 8.24. The maximum atomic E-state index is 14.0. The molecule has 0 aliphatic heterocycles. The van der Waals surface area contributed by atoms with Crippen LogP contribution in [0.5, 0.6) is 0 Å². The van der Waals surface area contributed by atoms with Crippen molar-refractivity contribution in [3.05, 3.63) is 106 Å². The van der Waals surface area contributed by atoms with Gasteiger partial charge in [0.25, 0.3) is 0 Å². The van der Waals surface area contributed by atoms with Gasteiger partial charge in [-0.15, -0.1) is 0 Å². The van der Waals surface area contributed by atoms with Crippen LogP contribution in [0.25, 0.3) is 17.2 Å². The zero-order valence-electron chi connectivity index (χ0n) is 19.0. The van der Waals surface area contributed by atoms with Crippen LogP contribution < -0.4 is 16.4 Å². The normalized spacial score (nSPS) is 13.3. The summed E-state index contributed by atoms with van der Waals surface area (Å²) in [6.45, 7) is 0.834. The zero-order valence-corrected chi connectivity index (χ0v) is 20.6. The molecule has 5 nitrogen and oxygen atoms in total. The van der Waals surface area contributed by atoms with Crippen molar-refractivity contribution in [2.75, 3.05) is 10.6 Å². The minimum absolute atomic E-state index is 0.131. The van der Waals surface area contributed by atoms with Crippen LogP contribution >= 0.6 is 15.9 Å². The average Bonchev–Trinajstić information content (AvgIpc) is 3.19. The Kier molecular flexibility index (Phi) is 7.90. The fourth-order valence-electron chi connectivity index (χ4n) is 3.91. The number of benzene rings is 3. The Morgan fingerprint density at radius 3 is 2.31 bits per heavy atom. The lowest BCUT2D eigenvalue weighted by atomic mass is 10.0. The smallest absolute Gasteiger partial charge is 0.235 e. The van der Waals surface area contributed by atoms with Gasteiger partial charge in [-0.3, -0.25) is 9.59 Å². The molecule has 35 heavy (non-hydrogen) atoms. The Labute approximate surface area is 212 Å². The first kappa shape index (κ1) is 24.6. The summed E-state index contributed by atoms with van der Waals surface area (Å²) in [6, 6.07) is 19.9. The number of halogens is 2. The molecule has 0 saturated heterocycles. The minimum Gasteiger partial charge on any atom is -0.352 e. The lowest BCUT2D eigenvalue weighted by Gasteiger charge is -2.09. The molecule has 0 bridgehead atoms. The highest BCUT2D eigenvalue weighted by molar-refractivity contribution is 9.09. The van der Waals surface area contributed by atoms with E-state index >= 15 is 0 Å². The van der Waals surface area contributed by atoms with Crippen molar-refractivity contribution >= 4 is 50.7 Å². The summed E-state index contributed by atoms with van der Waals surface area (Å²) in [5.41, 5.74) is 12.7. The number of hydrogen-bond acceptors (Lipinski definition) is 3. The topological polar surface area (TPSA) is 84.2 Å². The van der Waals surface area contributed by atoms with Gasteiger partial charge in [-0.2, -0.15) is 0 Å². The molecule has 0 radical (unpaired) electrons. The summed E-state index contributed by atoms with van der Waals surface area (Å²) in [5, 5.41) is 5.90. The third kappa shape index (κ3) is 6.32. The fourth-order valence-corrected chi connectivity index (χ4v) is 4.05. The molecule has 7 heteroatoms. The average molecular weight is 534 g/mol. The summed E-state index contributed by atoms with van der Waals surface area (Å²) in [6.07, 6.45) is 4.11. The number of nitrogens with two attached hydrogens (primary N) is 1. The van der Waals surface area contributed by atoms with Gasteiger partial charge in [-0.25, -0.2) is 4.39 Å². The van der Waals surface area contributed by atoms with Crippen LogP contribution in [-0.4, -0.2) is 17.1 Å². The molecule has 178 valence electrons. The van der Waals surface area contributed by atoms with Crippen molar-refractivity contribution in [3.8, 4) is 0 Å². The van der Waals surface area contributed by atoms with Crippen LogP contribution in [0.15, 0.2) is 72.8 Å². The van der Waals surface area contributed by atoms with Crippen LogP contribution in [0.3, 0.4) is 0 Å². The maximum absolute atomic E-state index is 14.0. The number of rotatable bonds is 8. The van der Waals surface area contributed by atoms with E-state index in [0.29, 0.717) is 18.8 Å². The van der Waals surface area contributed by atoms with Gasteiger partial charge in [0, 0.05) is 18.8 Å². The quantitative estimate of drug-likeness (QED) is 0.345. The van der Waals surface area contributed by atoms with Gasteiger partial charge >= 0.3 is 0 Å². The first-order valence-electron chi connectivity index (χ1n) is 11.2. The lowest BCUT2D eigenvalue weighted by molar-refractivity contribution is -0.120. The molecule has 2 amide bonds. The molecule has 0 unspecified atom stereocenters. The van der Waals surface area contributed by atoms with Crippen LogP contribution in [0.2, 0.25) is 0 Å². The molecule has 4 rings (SSSR count). The molecule has 1 aliphatic carbocycles. The van der Waals surface area contributed by atoms with E-state index in [2.05, 4.69) is 26.6 Å². The number of alkyl halides is 1. The Morgan fingerprint density at radius 2 is 1.63 bits per heavy atom. The SMILES string of the molecule is NCc1ccc(/C=C2\C=C(CC(=O)NCc3ccc(NC(=O)CBr)cc3)c3cc(F)ccc32)cc1. The van der Waals surface area contributed by atoms with E-state index in [9.17, 15) is 14.0 Å². The van der Waals surface area contributed by atoms with E-state index in [1.807, 2.05) is 48.6 Å². The standard InChI is InChI=1S/C28H25BrFN3O2/c29-15-28(35)33-24-8-5-20(6-9-24)17-32-27(34)13-22-12-21(25-10-7-23(30)14-26(22)25)11-18-1-3-19(16-31)4-2-18/h1-12,14H,13,15-17,31H2,(H,32,34)(H,33,35)/b21-11+. The number of carbonyl (C=O) groups is 2. The van der Waals surface area contributed by atoms with Crippen molar-refractivity contribution in [2.24, 2.45) is 5.73 Å². The predicted molar refractivity (Wildman–Crippen MR) is 142 cm³/mol. The summed E-state index contributed by atoms with van der Waals surface area (Å²) in [5.74, 6) is -0.624. The van der Waals surface area contributed by atoms with E-state index in [1.54, 1.807) is 18.2 Å². The molecule has 0 saturated carbocycles. The number of hydrogen-bond donors (Lipinski definition) is 3. The lowest BCUT2D eigenvalue weighted by Crippen LogP contribution is -2.22. The van der Waals surface area contributed by atoms with E-state index in [4.69, 9.17) is 5.73 Å². The molecule has 4 N–H and O–H groups in total. The number of allylic oxidation sites excluding steroid dienone is 2. The van der Waals surface area contributed by atoms with Crippen molar-refractivity contribution < 1.29 is 14.0 Å². The van der Waals surface area contributed by atoms with Gasteiger partial charge in [0.2, 0.25) is 11.8 Å². The van der Waals surface area contributed by atoms with Crippen LogP contribution in [0.4, 0.5) is 10.1 Å². The highest BCUT2D eigenvalue weighted by atomic mass is 79.9. The Balaban J connectivity index is 1.45. The van der Waals surface area contributed by atoms with E-state index in [0.717, 1.165) is 39.0 Å². The molecule has 0 atom stereocenters. The molecule has 1 aliphatic rings. The molecule has 0 spiro atoms. The maximum Gasteiger partial charge on any atom is 0.235 e. The van der Waals surface area contributed by atoms with Crippen LogP contribution in [-0.2, 0) is 22.7 Å². The molecular weight excluding hydrogens is 509 g/mol. The van der Waals surface area contributed by atoms with Crippen molar-refractivity contribution in [1.82, 2.24) is 5.32 Å². The zero-order chi connectivity index (χ0) is 24.8. The predicted octanol–water partition coefficient (Wildman–Crippen LogP) is 5.26. The molecule has 3 aromatic rings.